The summed E-state index contributed by atoms with van der Waals surface area (Å²) in [6.45, 7) is 0.988. The van der Waals surface area contributed by atoms with E-state index in [-0.39, 0.29) is 0 Å². The Hall–Kier alpha value is -1.01. The zero-order valence-electron chi connectivity index (χ0n) is 12.9. The van der Waals surface area contributed by atoms with Gasteiger partial charge in [-0.2, -0.15) is 0 Å². The number of alkyl halides is 2. The molecule has 1 aliphatic heterocycles. The van der Waals surface area contributed by atoms with Crippen LogP contribution in [0.1, 0.15) is 37.2 Å². The first kappa shape index (κ1) is 15.5. The van der Waals surface area contributed by atoms with Crippen LogP contribution in [0, 0.1) is 11.8 Å². The van der Waals surface area contributed by atoms with Gasteiger partial charge >= 0.3 is 0 Å². The third-order valence-corrected chi connectivity index (χ3v) is 8.13. The Morgan fingerprint density at radius 3 is 2.48 bits per heavy atom. The summed E-state index contributed by atoms with van der Waals surface area (Å²) >= 11 is 0. The smallest absolute Gasteiger partial charge is 0.212 e. The highest BCUT2D eigenvalue weighted by atomic mass is 32.2. The van der Waals surface area contributed by atoms with Crippen molar-refractivity contribution in [1.82, 2.24) is 4.31 Å². The molecule has 0 bridgehead atoms. The maximum Gasteiger partial charge on any atom is 0.250 e. The van der Waals surface area contributed by atoms with Crippen LogP contribution in [0.5, 0.6) is 0 Å². The summed E-state index contributed by atoms with van der Waals surface area (Å²) in [5.74, 6) is -1.47. The van der Waals surface area contributed by atoms with Crippen molar-refractivity contribution in [3.63, 3.8) is 0 Å². The SMILES string of the molecule is O=S(=O)(C1CC(F)(F)C1)N1CC[C@@H]2C[C@@H](c3ccccc3)[C@@H]2C1. The highest BCUT2D eigenvalue weighted by molar-refractivity contribution is 7.89. The van der Waals surface area contributed by atoms with Crippen molar-refractivity contribution in [1.29, 1.82) is 0 Å². The van der Waals surface area contributed by atoms with Crippen LogP contribution in [-0.4, -0.2) is 37.0 Å². The van der Waals surface area contributed by atoms with Crippen molar-refractivity contribution in [2.24, 2.45) is 11.8 Å². The topological polar surface area (TPSA) is 37.4 Å². The molecule has 6 heteroatoms. The third-order valence-electron chi connectivity index (χ3n) is 5.90. The Labute approximate surface area is 135 Å². The van der Waals surface area contributed by atoms with Crippen LogP contribution < -0.4 is 0 Å². The Kier molecular flexibility index (Phi) is 3.54. The molecule has 1 heterocycles. The molecule has 0 aromatic heterocycles. The number of rotatable bonds is 3. The summed E-state index contributed by atoms with van der Waals surface area (Å²) in [6, 6.07) is 10.2. The highest BCUT2D eigenvalue weighted by Gasteiger charge is 2.55. The normalized spacial score (nSPS) is 34.3. The van der Waals surface area contributed by atoms with Crippen molar-refractivity contribution in [3.8, 4) is 0 Å². The predicted molar refractivity (Wildman–Crippen MR) is 83.9 cm³/mol. The van der Waals surface area contributed by atoms with Gasteiger partial charge in [0.05, 0.1) is 5.25 Å². The van der Waals surface area contributed by atoms with Gasteiger partial charge in [-0.25, -0.2) is 21.5 Å². The molecule has 4 rings (SSSR count). The molecule has 0 spiro atoms. The lowest BCUT2D eigenvalue weighted by Gasteiger charge is -2.52. The number of benzene rings is 1. The molecular weight excluding hydrogens is 320 g/mol. The monoisotopic (exact) mass is 341 g/mol. The van der Waals surface area contributed by atoms with Crippen molar-refractivity contribution in [2.45, 2.75) is 42.8 Å². The van der Waals surface area contributed by atoms with Crippen LogP contribution in [0.15, 0.2) is 30.3 Å². The molecule has 3 fully saturated rings. The van der Waals surface area contributed by atoms with E-state index in [1.165, 1.54) is 9.87 Å². The van der Waals surface area contributed by atoms with Crippen LogP contribution in [0.3, 0.4) is 0 Å². The molecule has 1 saturated heterocycles. The molecule has 0 unspecified atom stereocenters. The van der Waals surface area contributed by atoms with E-state index in [1.54, 1.807) is 0 Å². The van der Waals surface area contributed by atoms with Crippen molar-refractivity contribution < 1.29 is 17.2 Å². The first-order chi connectivity index (χ1) is 10.9. The Morgan fingerprint density at radius 1 is 1.13 bits per heavy atom. The summed E-state index contributed by atoms with van der Waals surface area (Å²) in [5.41, 5.74) is 1.27. The van der Waals surface area contributed by atoms with Gasteiger partial charge in [0.25, 0.3) is 5.92 Å². The van der Waals surface area contributed by atoms with Gasteiger partial charge in [-0.1, -0.05) is 30.3 Å². The predicted octanol–water partition coefficient (Wildman–Crippen LogP) is 3.24. The minimum absolute atomic E-state index is 0.335. The second-order valence-corrected chi connectivity index (χ2v) is 9.47. The molecule has 0 N–H and O–H groups in total. The maximum absolute atomic E-state index is 13.0. The second kappa shape index (κ2) is 5.24. The van der Waals surface area contributed by atoms with Crippen molar-refractivity contribution in [3.05, 3.63) is 35.9 Å². The van der Waals surface area contributed by atoms with Crippen molar-refractivity contribution >= 4 is 10.0 Å². The summed E-state index contributed by atoms with van der Waals surface area (Å²) in [6.07, 6.45) is 0.949. The number of halogens is 2. The van der Waals surface area contributed by atoms with Crippen LogP contribution in [0.2, 0.25) is 0 Å². The minimum atomic E-state index is -3.57. The van der Waals surface area contributed by atoms with Gasteiger partial charge in [0.15, 0.2) is 0 Å². The molecule has 0 radical (unpaired) electrons. The van der Waals surface area contributed by atoms with Crippen molar-refractivity contribution in [2.75, 3.05) is 13.1 Å². The summed E-state index contributed by atoms with van der Waals surface area (Å²) in [4.78, 5) is 0. The van der Waals surface area contributed by atoms with E-state index in [1.807, 2.05) is 18.2 Å². The molecular formula is C17H21F2NO2S. The zero-order valence-corrected chi connectivity index (χ0v) is 13.7. The fourth-order valence-electron chi connectivity index (χ4n) is 4.40. The standard InChI is InChI=1S/C17H21F2NO2S/c18-17(19)9-14(10-17)23(21,22)20-7-6-13-8-15(16(13)11-20)12-4-2-1-3-5-12/h1-5,13-16H,6-11H2/t13-,15+,16-/m1/s1. The van der Waals surface area contributed by atoms with Crippen LogP contribution in [0.4, 0.5) is 8.78 Å². The summed E-state index contributed by atoms with van der Waals surface area (Å²) in [7, 11) is -3.57. The Balaban J connectivity index is 1.47. The Bertz CT molecular complexity index is 684. The van der Waals surface area contributed by atoms with Crippen LogP contribution in [-0.2, 0) is 10.0 Å². The first-order valence-corrected chi connectivity index (χ1v) is 9.79. The van der Waals surface area contributed by atoms with Gasteiger partial charge in [-0.05, 0) is 36.2 Å². The number of nitrogens with zero attached hydrogens (tertiary/aromatic N) is 1. The molecule has 2 saturated carbocycles. The average molecular weight is 341 g/mol. The number of piperidine rings is 1. The number of fused-ring (bicyclic) bond motifs is 1. The lowest BCUT2D eigenvalue weighted by atomic mass is 9.60. The van der Waals surface area contributed by atoms with E-state index < -0.39 is 34.0 Å². The molecule has 3 aliphatic rings. The van der Waals surface area contributed by atoms with Gasteiger partial charge in [-0.15, -0.1) is 0 Å². The lowest BCUT2D eigenvalue weighted by Crippen LogP contribution is -2.56. The second-order valence-electron chi connectivity index (χ2n) is 7.25. The minimum Gasteiger partial charge on any atom is -0.212 e. The maximum atomic E-state index is 13.0. The molecule has 126 valence electrons. The quantitative estimate of drug-likeness (QED) is 0.846. The van der Waals surface area contributed by atoms with Gasteiger partial charge in [0.2, 0.25) is 10.0 Å². The summed E-state index contributed by atoms with van der Waals surface area (Å²) in [5, 5.41) is -0.885. The third kappa shape index (κ3) is 2.60. The highest BCUT2D eigenvalue weighted by Crippen LogP contribution is 2.52. The molecule has 2 aliphatic carbocycles. The van der Waals surface area contributed by atoms with Gasteiger partial charge in [-0.3, -0.25) is 0 Å². The van der Waals surface area contributed by atoms with E-state index >= 15 is 0 Å². The van der Waals surface area contributed by atoms with E-state index in [4.69, 9.17) is 0 Å². The van der Waals surface area contributed by atoms with Crippen LogP contribution >= 0.6 is 0 Å². The number of hydrogen-bond donors (Lipinski definition) is 0. The zero-order chi connectivity index (χ0) is 16.2. The molecule has 0 amide bonds. The molecule has 23 heavy (non-hydrogen) atoms. The Morgan fingerprint density at radius 2 is 1.83 bits per heavy atom. The molecule has 3 atom stereocenters. The van der Waals surface area contributed by atoms with Gasteiger partial charge < -0.3 is 0 Å². The molecule has 1 aromatic carbocycles. The van der Waals surface area contributed by atoms with Gasteiger partial charge in [0.1, 0.15) is 0 Å². The van der Waals surface area contributed by atoms with E-state index in [9.17, 15) is 17.2 Å². The first-order valence-electron chi connectivity index (χ1n) is 8.28. The average Bonchev–Trinajstić information content (AvgIpc) is 2.47. The lowest BCUT2D eigenvalue weighted by molar-refractivity contribution is -0.0700. The number of hydrogen-bond acceptors (Lipinski definition) is 2. The molecule has 1 aromatic rings. The fourth-order valence-corrected chi connectivity index (χ4v) is 6.47. The van der Waals surface area contributed by atoms with E-state index in [2.05, 4.69) is 12.1 Å². The number of sulfonamides is 1. The fraction of sp³-hybridized carbons (Fsp3) is 0.647. The molecule has 3 nitrogen and oxygen atoms in total. The largest absolute Gasteiger partial charge is 0.250 e. The van der Waals surface area contributed by atoms with Gasteiger partial charge in [0, 0.05) is 25.9 Å². The van der Waals surface area contributed by atoms with E-state index in [0.717, 1.165) is 12.8 Å². The van der Waals surface area contributed by atoms with Crippen LogP contribution in [0.25, 0.3) is 0 Å². The summed E-state index contributed by atoms with van der Waals surface area (Å²) < 4.78 is 52.7. The van der Waals surface area contributed by atoms with E-state index in [0.29, 0.717) is 30.8 Å².